The summed E-state index contributed by atoms with van der Waals surface area (Å²) in [5.41, 5.74) is 1.64. The Morgan fingerprint density at radius 2 is 2.04 bits per heavy atom. The highest BCUT2D eigenvalue weighted by atomic mass is 16.5. The minimum atomic E-state index is -0.456. The van der Waals surface area contributed by atoms with Crippen LogP contribution in [0.1, 0.15) is 17.2 Å². The van der Waals surface area contributed by atoms with Gasteiger partial charge in [-0.3, -0.25) is 9.78 Å². The quantitative estimate of drug-likeness (QED) is 0.681. The maximum atomic E-state index is 12.2. The molecule has 1 atom stereocenters. The summed E-state index contributed by atoms with van der Waals surface area (Å²) in [5.74, 6) is 0.575. The lowest BCUT2D eigenvalue weighted by Crippen LogP contribution is -2.32. The van der Waals surface area contributed by atoms with E-state index in [-0.39, 0.29) is 18.9 Å². The number of carbonyl (C=O) groups excluding carboxylic acids is 1. The number of hydrogen-bond acceptors (Lipinski definition) is 5. The van der Waals surface area contributed by atoms with E-state index in [1.807, 2.05) is 30.3 Å². The maximum Gasteiger partial charge on any atom is 0.224 e. The minimum absolute atomic E-state index is 0.161. The van der Waals surface area contributed by atoms with Gasteiger partial charge in [0.05, 0.1) is 25.7 Å². The lowest BCUT2D eigenvalue weighted by Gasteiger charge is -2.16. The molecule has 1 unspecified atom stereocenters. The third kappa shape index (κ3) is 5.64. The molecule has 0 aliphatic carbocycles. The molecule has 1 amide bonds. The molecule has 0 saturated carbocycles. The van der Waals surface area contributed by atoms with Crippen molar-refractivity contribution in [2.45, 2.75) is 12.5 Å². The Labute approximate surface area is 141 Å². The van der Waals surface area contributed by atoms with Crippen LogP contribution in [0.5, 0.6) is 5.75 Å². The second kappa shape index (κ2) is 9.64. The zero-order chi connectivity index (χ0) is 17.2. The summed E-state index contributed by atoms with van der Waals surface area (Å²) >= 11 is 0. The van der Waals surface area contributed by atoms with Crippen LogP contribution in [0.3, 0.4) is 0 Å². The molecule has 0 spiro atoms. The number of benzene rings is 1. The zero-order valence-corrected chi connectivity index (χ0v) is 13.6. The van der Waals surface area contributed by atoms with Gasteiger partial charge in [0, 0.05) is 19.5 Å². The Morgan fingerprint density at radius 1 is 1.25 bits per heavy atom. The average molecular weight is 330 g/mol. The molecular weight excluding hydrogens is 308 g/mol. The van der Waals surface area contributed by atoms with Crippen molar-refractivity contribution < 1.29 is 19.4 Å². The summed E-state index contributed by atoms with van der Waals surface area (Å²) < 4.78 is 10.4. The Morgan fingerprint density at radius 3 is 2.67 bits per heavy atom. The van der Waals surface area contributed by atoms with E-state index in [1.165, 1.54) is 0 Å². The van der Waals surface area contributed by atoms with E-state index < -0.39 is 6.04 Å². The van der Waals surface area contributed by atoms with Gasteiger partial charge in [-0.2, -0.15) is 0 Å². The van der Waals surface area contributed by atoms with Crippen molar-refractivity contribution in [2.24, 2.45) is 0 Å². The fourth-order valence-electron chi connectivity index (χ4n) is 2.19. The molecule has 0 aliphatic heterocycles. The van der Waals surface area contributed by atoms with Crippen molar-refractivity contribution in [3.8, 4) is 5.75 Å². The smallest absolute Gasteiger partial charge is 0.224 e. The van der Waals surface area contributed by atoms with E-state index in [0.29, 0.717) is 13.2 Å². The van der Waals surface area contributed by atoms with E-state index in [4.69, 9.17) is 9.47 Å². The molecule has 2 rings (SSSR count). The fourth-order valence-corrected chi connectivity index (χ4v) is 2.19. The highest BCUT2D eigenvalue weighted by molar-refractivity contribution is 5.79. The van der Waals surface area contributed by atoms with E-state index in [0.717, 1.165) is 16.9 Å². The first-order valence-corrected chi connectivity index (χ1v) is 7.73. The standard InChI is InChI=1S/C18H22N2O4/c1-23-9-10-24-16-6-4-14(5-7-16)11-18(22)20-17(13-21)15-3-2-8-19-12-15/h2-8,12,17,21H,9-11,13H2,1H3,(H,20,22). The van der Waals surface area contributed by atoms with Crippen molar-refractivity contribution in [3.05, 3.63) is 59.9 Å². The number of ether oxygens (including phenoxy) is 2. The molecule has 24 heavy (non-hydrogen) atoms. The molecule has 6 nitrogen and oxygen atoms in total. The third-order valence-corrected chi connectivity index (χ3v) is 3.45. The van der Waals surface area contributed by atoms with E-state index in [1.54, 1.807) is 25.6 Å². The van der Waals surface area contributed by atoms with E-state index >= 15 is 0 Å². The number of pyridine rings is 1. The van der Waals surface area contributed by atoms with Crippen molar-refractivity contribution in [1.82, 2.24) is 10.3 Å². The monoisotopic (exact) mass is 330 g/mol. The van der Waals surface area contributed by atoms with Crippen LogP contribution in [-0.2, 0) is 16.0 Å². The van der Waals surface area contributed by atoms with Crippen LogP contribution in [0.25, 0.3) is 0 Å². The molecule has 2 aromatic rings. The van der Waals surface area contributed by atoms with Gasteiger partial charge < -0.3 is 19.9 Å². The summed E-state index contributed by atoms with van der Waals surface area (Å²) in [6, 6.07) is 10.5. The largest absolute Gasteiger partial charge is 0.491 e. The number of carbonyl (C=O) groups is 1. The first-order valence-electron chi connectivity index (χ1n) is 7.73. The number of aliphatic hydroxyl groups excluding tert-OH is 1. The predicted octanol–water partition coefficient (Wildman–Crippen LogP) is 1.50. The van der Waals surface area contributed by atoms with E-state index in [9.17, 15) is 9.90 Å². The lowest BCUT2D eigenvalue weighted by molar-refractivity contribution is -0.121. The van der Waals surface area contributed by atoms with Crippen LogP contribution < -0.4 is 10.1 Å². The molecule has 1 heterocycles. The number of hydrogen-bond donors (Lipinski definition) is 2. The molecule has 1 aromatic heterocycles. The van der Waals surface area contributed by atoms with Gasteiger partial charge >= 0.3 is 0 Å². The van der Waals surface area contributed by atoms with Gasteiger partial charge in [-0.1, -0.05) is 18.2 Å². The highest BCUT2D eigenvalue weighted by Crippen LogP contribution is 2.14. The summed E-state index contributed by atoms with van der Waals surface area (Å²) in [6.45, 7) is 0.838. The van der Waals surface area contributed by atoms with Crippen molar-refractivity contribution >= 4 is 5.91 Å². The van der Waals surface area contributed by atoms with Crippen LogP contribution in [0.2, 0.25) is 0 Å². The summed E-state index contributed by atoms with van der Waals surface area (Å²) in [4.78, 5) is 16.2. The molecule has 2 N–H and O–H groups in total. The molecule has 0 saturated heterocycles. The van der Waals surface area contributed by atoms with Gasteiger partial charge in [-0.15, -0.1) is 0 Å². The SMILES string of the molecule is COCCOc1ccc(CC(=O)NC(CO)c2cccnc2)cc1. The van der Waals surface area contributed by atoms with E-state index in [2.05, 4.69) is 10.3 Å². The van der Waals surface area contributed by atoms with Crippen molar-refractivity contribution in [3.63, 3.8) is 0 Å². The zero-order valence-electron chi connectivity index (χ0n) is 13.6. The van der Waals surface area contributed by atoms with Crippen LogP contribution in [0.4, 0.5) is 0 Å². The second-order valence-corrected chi connectivity index (χ2v) is 5.25. The molecule has 0 bridgehead atoms. The number of nitrogens with one attached hydrogen (secondary N) is 1. The van der Waals surface area contributed by atoms with Gasteiger partial charge in [-0.05, 0) is 29.3 Å². The maximum absolute atomic E-state index is 12.2. The summed E-state index contributed by atoms with van der Waals surface area (Å²) in [7, 11) is 1.62. The Balaban J connectivity index is 1.87. The molecule has 0 radical (unpaired) electrons. The molecule has 1 aromatic carbocycles. The Hall–Kier alpha value is -2.44. The van der Waals surface area contributed by atoms with Gasteiger partial charge in [0.25, 0.3) is 0 Å². The minimum Gasteiger partial charge on any atom is -0.491 e. The van der Waals surface area contributed by atoms with Gasteiger partial charge in [0.2, 0.25) is 5.91 Å². The molecule has 128 valence electrons. The van der Waals surface area contributed by atoms with Crippen LogP contribution in [0.15, 0.2) is 48.8 Å². The average Bonchev–Trinajstić information content (AvgIpc) is 2.62. The van der Waals surface area contributed by atoms with Crippen LogP contribution in [0, 0.1) is 0 Å². The van der Waals surface area contributed by atoms with Gasteiger partial charge in [-0.25, -0.2) is 0 Å². The normalized spacial score (nSPS) is 11.8. The molecule has 0 fully saturated rings. The number of amides is 1. The highest BCUT2D eigenvalue weighted by Gasteiger charge is 2.14. The van der Waals surface area contributed by atoms with Gasteiger partial charge in [0.15, 0.2) is 0 Å². The van der Waals surface area contributed by atoms with Crippen molar-refractivity contribution in [2.75, 3.05) is 26.9 Å². The topological polar surface area (TPSA) is 80.7 Å². The van der Waals surface area contributed by atoms with Crippen LogP contribution in [-0.4, -0.2) is 42.9 Å². The second-order valence-electron chi connectivity index (χ2n) is 5.25. The summed E-state index contributed by atoms with van der Waals surface area (Å²) in [5, 5.41) is 12.3. The Kier molecular flexibility index (Phi) is 7.20. The molecule has 6 heteroatoms. The Bertz CT molecular complexity index is 617. The van der Waals surface area contributed by atoms with Gasteiger partial charge in [0.1, 0.15) is 12.4 Å². The first-order chi connectivity index (χ1) is 11.7. The first kappa shape index (κ1) is 17.9. The van der Waals surface area contributed by atoms with Crippen molar-refractivity contribution in [1.29, 1.82) is 0 Å². The predicted molar refractivity (Wildman–Crippen MR) is 89.7 cm³/mol. The third-order valence-electron chi connectivity index (χ3n) is 3.45. The molecular formula is C18H22N2O4. The number of methoxy groups -OCH3 is 1. The number of aromatic nitrogens is 1. The lowest BCUT2D eigenvalue weighted by atomic mass is 10.1. The van der Waals surface area contributed by atoms with Crippen LogP contribution >= 0.6 is 0 Å². The number of rotatable bonds is 9. The summed E-state index contributed by atoms with van der Waals surface area (Å²) in [6.07, 6.45) is 3.51. The fraction of sp³-hybridized carbons (Fsp3) is 0.333. The molecule has 0 aliphatic rings. The number of aliphatic hydroxyl groups is 1. The number of nitrogens with zero attached hydrogens (tertiary/aromatic N) is 1.